The minimum Gasteiger partial charge on any atom is -0.366 e. The number of amides is 2. The first-order valence-electron chi connectivity index (χ1n) is 11.7. The Balaban J connectivity index is 1.55. The van der Waals surface area contributed by atoms with Crippen LogP contribution in [-0.4, -0.2) is 38.5 Å². The molecule has 0 spiro atoms. The van der Waals surface area contributed by atoms with Crippen LogP contribution in [0.1, 0.15) is 31.8 Å². The molecule has 184 valence electrons. The number of halogens is 1. The fraction of sp³-hybridized carbons (Fsp3) is 0.103. The molecular formula is C29H24FN5O2. The van der Waals surface area contributed by atoms with Crippen molar-refractivity contribution in [3.63, 3.8) is 0 Å². The highest BCUT2D eigenvalue weighted by molar-refractivity contribution is 6.06. The summed E-state index contributed by atoms with van der Waals surface area (Å²) in [5.41, 5.74) is 9.76. The lowest BCUT2D eigenvalue weighted by molar-refractivity contribution is 0.0787. The molecule has 0 aliphatic carbocycles. The third kappa shape index (κ3) is 5.08. The smallest absolute Gasteiger partial charge is 0.254 e. The van der Waals surface area contributed by atoms with Crippen molar-refractivity contribution < 1.29 is 14.0 Å². The van der Waals surface area contributed by atoms with E-state index in [0.29, 0.717) is 34.4 Å². The highest BCUT2D eigenvalue weighted by Gasteiger charge is 2.21. The Kier molecular flexibility index (Phi) is 6.47. The summed E-state index contributed by atoms with van der Waals surface area (Å²) in [6.07, 6.45) is 1.62. The third-order valence-corrected chi connectivity index (χ3v) is 6.11. The normalized spacial score (nSPS) is 11.0. The zero-order valence-electron chi connectivity index (χ0n) is 20.1. The monoisotopic (exact) mass is 493 g/mol. The lowest BCUT2D eigenvalue weighted by atomic mass is 10.1. The summed E-state index contributed by atoms with van der Waals surface area (Å²) in [7, 11) is 1.70. The van der Waals surface area contributed by atoms with Gasteiger partial charge in [0.15, 0.2) is 5.65 Å². The SMILES string of the molecule is CN(Cc1cccc(C(N)=O)c1)C(=O)c1cc(-c2ccccc2)nc2c1cnn2Cc1cccc(F)c1. The molecule has 3 aromatic carbocycles. The molecule has 7 nitrogen and oxygen atoms in total. The number of hydrogen-bond acceptors (Lipinski definition) is 4. The zero-order valence-corrected chi connectivity index (χ0v) is 20.1. The summed E-state index contributed by atoms with van der Waals surface area (Å²) in [5, 5.41) is 5.08. The van der Waals surface area contributed by atoms with Crippen LogP contribution in [0.5, 0.6) is 0 Å². The number of fused-ring (bicyclic) bond motifs is 1. The predicted octanol–water partition coefficient (Wildman–Crippen LogP) is 4.66. The molecule has 0 atom stereocenters. The highest BCUT2D eigenvalue weighted by Crippen LogP contribution is 2.26. The van der Waals surface area contributed by atoms with Gasteiger partial charge in [0.25, 0.3) is 5.91 Å². The van der Waals surface area contributed by atoms with E-state index in [1.54, 1.807) is 53.2 Å². The summed E-state index contributed by atoms with van der Waals surface area (Å²) in [4.78, 5) is 31.7. The Hall–Kier alpha value is -4.85. The average Bonchev–Trinajstić information content (AvgIpc) is 3.31. The molecule has 0 radical (unpaired) electrons. The van der Waals surface area contributed by atoms with E-state index >= 15 is 0 Å². The minimum absolute atomic E-state index is 0.223. The fourth-order valence-electron chi connectivity index (χ4n) is 4.28. The summed E-state index contributed by atoms with van der Waals surface area (Å²) in [6, 6.07) is 24.6. The number of pyridine rings is 1. The number of primary amides is 1. The van der Waals surface area contributed by atoms with Crippen LogP contribution in [0.25, 0.3) is 22.3 Å². The maximum atomic E-state index is 13.8. The predicted molar refractivity (Wildman–Crippen MR) is 139 cm³/mol. The van der Waals surface area contributed by atoms with Crippen molar-refractivity contribution in [2.75, 3.05) is 7.05 Å². The molecule has 0 saturated heterocycles. The Bertz CT molecular complexity index is 1610. The summed E-state index contributed by atoms with van der Waals surface area (Å²) >= 11 is 0. The van der Waals surface area contributed by atoms with E-state index in [1.165, 1.54) is 12.1 Å². The minimum atomic E-state index is -0.523. The van der Waals surface area contributed by atoms with E-state index in [4.69, 9.17) is 10.7 Å². The van der Waals surface area contributed by atoms with Gasteiger partial charge in [0.2, 0.25) is 5.91 Å². The van der Waals surface area contributed by atoms with Gasteiger partial charge in [-0.1, -0.05) is 54.6 Å². The van der Waals surface area contributed by atoms with Crippen LogP contribution in [0.2, 0.25) is 0 Å². The summed E-state index contributed by atoms with van der Waals surface area (Å²) in [5.74, 6) is -1.07. The van der Waals surface area contributed by atoms with Crippen molar-refractivity contribution in [2.24, 2.45) is 5.73 Å². The second kappa shape index (κ2) is 10.0. The molecule has 2 heterocycles. The molecule has 5 aromatic rings. The fourth-order valence-corrected chi connectivity index (χ4v) is 4.28. The van der Waals surface area contributed by atoms with Gasteiger partial charge in [-0.2, -0.15) is 5.10 Å². The highest BCUT2D eigenvalue weighted by atomic mass is 19.1. The largest absolute Gasteiger partial charge is 0.366 e. The van der Waals surface area contributed by atoms with Gasteiger partial charge in [0, 0.05) is 24.7 Å². The second-order valence-corrected chi connectivity index (χ2v) is 8.82. The van der Waals surface area contributed by atoms with Crippen LogP contribution < -0.4 is 5.73 Å². The quantitative estimate of drug-likeness (QED) is 0.357. The second-order valence-electron chi connectivity index (χ2n) is 8.82. The van der Waals surface area contributed by atoms with Crippen LogP contribution in [0.3, 0.4) is 0 Å². The standard InChI is InChI=1S/C29H24FN5O2/c1-34(17-19-7-5-11-22(13-19)27(31)36)29(37)24-15-26(21-9-3-2-4-10-21)33-28-25(24)16-32-35(28)18-20-8-6-12-23(30)14-20/h2-16H,17-18H2,1H3,(H2,31,36). The maximum Gasteiger partial charge on any atom is 0.254 e. The first-order chi connectivity index (χ1) is 17.9. The van der Waals surface area contributed by atoms with E-state index < -0.39 is 5.91 Å². The van der Waals surface area contributed by atoms with Gasteiger partial charge < -0.3 is 10.6 Å². The number of hydrogen-bond donors (Lipinski definition) is 1. The Labute approximate surface area is 213 Å². The molecule has 0 aliphatic heterocycles. The third-order valence-electron chi connectivity index (χ3n) is 6.11. The lowest BCUT2D eigenvalue weighted by Crippen LogP contribution is -2.26. The van der Waals surface area contributed by atoms with Crippen LogP contribution in [-0.2, 0) is 13.1 Å². The van der Waals surface area contributed by atoms with Gasteiger partial charge in [-0.3, -0.25) is 9.59 Å². The van der Waals surface area contributed by atoms with E-state index in [2.05, 4.69) is 5.10 Å². The topological polar surface area (TPSA) is 94.1 Å². The van der Waals surface area contributed by atoms with Gasteiger partial charge in [-0.05, 0) is 41.5 Å². The number of rotatable bonds is 7. The Morgan fingerprint density at radius 1 is 0.946 bits per heavy atom. The molecule has 2 aromatic heterocycles. The average molecular weight is 494 g/mol. The van der Waals surface area contributed by atoms with Crippen molar-refractivity contribution in [3.05, 3.63) is 119 Å². The molecule has 8 heteroatoms. The molecule has 2 N–H and O–H groups in total. The molecule has 0 aliphatic rings. The van der Waals surface area contributed by atoms with Crippen LogP contribution in [0.15, 0.2) is 91.1 Å². The van der Waals surface area contributed by atoms with Crippen molar-refractivity contribution >= 4 is 22.8 Å². The molecular weight excluding hydrogens is 469 g/mol. The van der Waals surface area contributed by atoms with E-state index in [1.807, 2.05) is 42.5 Å². The van der Waals surface area contributed by atoms with Gasteiger partial charge in [-0.25, -0.2) is 14.1 Å². The van der Waals surface area contributed by atoms with Gasteiger partial charge in [-0.15, -0.1) is 0 Å². The summed E-state index contributed by atoms with van der Waals surface area (Å²) in [6.45, 7) is 0.581. The lowest BCUT2D eigenvalue weighted by Gasteiger charge is -2.19. The molecule has 0 fully saturated rings. The number of benzene rings is 3. The Morgan fingerprint density at radius 2 is 1.70 bits per heavy atom. The zero-order chi connectivity index (χ0) is 25.9. The molecule has 37 heavy (non-hydrogen) atoms. The number of nitrogens with two attached hydrogens (primary N) is 1. The summed E-state index contributed by atoms with van der Waals surface area (Å²) < 4.78 is 15.5. The molecule has 0 saturated carbocycles. The van der Waals surface area contributed by atoms with Crippen molar-refractivity contribution in [3.8, 4) is 11.3 Å². The van der Waals surface area contributed by atoms with Crippen molar-refractivity contribution in [2.45, 2.75) is 13.1 Å². The molecule has 0 bridgehead atoms. The Morgan fingerprint density at radius 3 is 2.46 bits per heavy atom. The molecule has 5 rings (SSSR count). The first-order valence-corrected chi connectivity index (χ1v) is 11.7. The van der Waals surface area contributed by atoms with Crippen LogP contribution in [0, 0.1) is 5.82 Å². The molecule has 0 unspecified atom stereocenters. The first kappa shape index (κ1) is 23.9. The van der Waals surface area contributed by atoms with Gasteiger partial charge in [0.05, 0.1) is 29.4 Å². The number of carbonyl (C=O) groups is 2. The van der Waals surface area contributed by atoms with Gasteiger partial charge in [0.1, 0.15) is 5.82 Å². The van der Waals surface area contributed by atoms with Crippen LogP contribution in [0.4, 0.5) is 4.39 Å². The van der Waals surface area contributed by atoms with E-state index in [9.17, 15) is 14.0 Å². The maximum absolute atomic E-state index is 13.8. The van der Waals surface area contributed by atoms with Gasteiger partial charge >= 0.3 is 0 Å². The van der Waals surface area contributed by atoms with E-state index in [-0.39, 0.29) is 18.3 Å². The van der Waals surface area contributed by atoms with Crippen molar-refractivity contribution in [1.82, 2.24) is 19.7 Å². The molecule has 2 amide bonds. The van der Waals surface area contributed by atoms with Crippen LogP contribution >= 0.6 is 0 Å². The number of carbonyl (C=O) groups excluding carboxylic acids is 2. The van der Waals surface area contributed by atoms with E-state index in [0.717, 1.165) is 16.7 Å². The number of aromatic nitrogens is 3. The number of nitrogens with zero attached hydrogens (tertiary/aromatic N) is 4. The van der Waals surface area contributed by atoms with Crippen molar-refractivity contribution in [1.29, 1.82) is 0 Å².